The summed E-state index contributed by atoms with van der Waals surface area (Å²) in [6, 6.07) is 5.79. The van der Waals surface area contributed by atoms with Crippen LogP contribution in [0.1, 0.15) is 49.4 Å². The van der Waals surface area contributed by atoms with E-state index in [2.05, 4.69) is 13.8 Å². The second kappa shape index (κ2) is 5.12. The Morgan fingerprint density at radius 3 is 2.44 bits per heavy atom. The highest BCUT2D eigenvalue weighted by Gasteiger charge is 2.11. The zero-order valence-electron chi connectivity index (χ0n) is 10.0. The molecule has 0 bridgehead atoms. The molecule has 3 heteroatoms. The van der Waals surface area contributed by atoms with Crippen LogP contribution in [0.25, 0.3) is 0 Å². The number of rotatable bonds is 4. The average Bonchev–Trinajstić information content (AvgIpc) is 2.16. The molecule has 1 rings (SSSR count). The van der Waals surface area contributed by atoms with Gasteiger partial charge in [0.25, 0.3) is 0 Å². The lowest BCUT2D eigenvalue weighted by atomic mass is 9.92. The van der Waals surface area contributed by atoms with E-state index in [1.807, 2.05) is 25.1 Å². The van der Waals surface area contributed by atoms with Gasteiger partial charge in [-0.15, -0.1) is 0 Å². The molecule has 0 unspecified atom stereocenters. The van der Waals surface area contributed by atoms with Crippen molar-refractivity contribution in [1.29, 1.82) is 0 Å². The number of carboxylic acids is 1. The van der Waals surface area contributed by atoms with E-state index < -0.39 is 5.97 Å². The largest absolute Gasteiger partial charge is 0.481 e. The minimum Gasteiger partial charge on any atom is -0.481 e. The zero-order valence-corrected chi connectivity index (χ0v) is 10.0. The van der Waals surface area contributed by atoms with Crippen LogP contribution in [0.4, 0.5) is 0 Å². The smallest absolute Gasteiger partial charge is 0.307 e. The molecule has 1 atom stereocenters. The van der Waals surface area contributed by atoms with Gasteiger partial charge in [0.1, 0.15) is 0 Å². The Labute approximate surface area is 96.3 Å². The predicted molar refractivity (Wildman–Crippen MR) is 64.5 cm³/mol. The highest BCUT2D eigenvalue weighted by Crippen LogP contribution is 2.23. The number of carboxylic acid groups (broad SMARTS) is 1. The molecule has 0 aromatic heterocycles. The summed E-state index contributed by atoms with van der Waals surface area (Å²) >= 11 is 0. The third-order valence-electron chi connectivity index (χ3n) is 2.66. The van der Waals surface area contributed by atoms with Crippen LogP contribution in [0, 0.1) is 0 Å². The number of carbonyl (C=O) groups is 1. The molecule has 0 radical (unpaired) electrons. The number of hydrogen-bond donors (Lipinski definition) is 2. The summed E-state index contributed by atoms with van der Waals surface area (Å²) in [5.41, 5.74) is 8.83. The van der Waals surface area contributed by atoms with Gasteiger partial charge in [0, 0.05) is 6.04 Å². The summed E-state index contributed by atoms with van der Waals surface area (Å²) in [7, 11) is 0. The molecule has 0 aliphatic carbocycles. The molecule has 88 valence electrons. The molecule has 0 aliphatic rings. The Balaban J connectivity index is 3.14. The van der Waals surface area contributed by atoms with E-state index in [-0.39, 0.29) is 12.5 Å². The molecule has 0 heterocycles. The first kappa shape index (κ1) is 12.7. The summed E-state index contributed by atoms with van der Waals surface area (Å²) in [5, 5.41) is 8.83. The van der Waals surface area contributed by atoms with Gasteiger partial charge in [-0.1, -0.05) is 32.0 Å². The molecule has 1 aromatic carbocycles. The molecular weight excluding hydrogens is 202 g/mol. The lowest BCUT2D eigenvalue weighted by Crippen LogP contribution is -2.09. The van der Waals surface area contributed by atoms with Gasteiger partial charge in [0.2, 0.25) is 0 Å². The molecule has 0 amide bonds. The summed E-state index contributed by atoms with van der Waals surface area (Å²) in [6.45, 7) is 6.05. The van der Waals surface area contributed by atoms with Gasteiger partial charge in [-0.2, -0.15) is 0 Å². The minimum absolute atomic E-state index is 0.0172. The van der Waals surface area contributed by atoms with Crippen molar-refractivity contribution < 1.29 is 9.90 Å². The Hall–Kier alpha value is -1.35. The lowest BCUT2D eigenvalue weighted by molar-refractivity contribution is -0.136. The van der Waals surface area contributed by atoms with E-state index >= 15 is 0 Å². The van der Waals surface area contributed by atoms with E-state index in [0.29, 0.717) is 5.92 Å². The quantitative estimate of drug-likeness (QED) is 0.820. The Bertz CT molecular complexity index is 384. The topological polar surface area (TPSA) is 63.3 Å². The summed E-state index contributed by atoms with van der Waals surface area (Å²) < 4.78 is 0. The highest BCUT2D eigenvalue weighted by molar-refractivity contribution is 5.71. The van der Waals surface area contributed by atoms with Gasteiger partial charge in [-0.05, 0) is 29.5 Å². The van der Waals surface area contributed by atoms with Gasteiger partial charge in [0.05, 0.1) is 6.42 Å². The third kappa shape index (κ3) is 3.07. The second-order valence-electron chi connectivity index (χ2n) is 4.47. The molecule has 0 saturated carbocycles. The summed E-state index contributed by atoms with van der Waals surface area (Å²) in [4.78, 5) is 10.7. The van der Waals surface area contributed by atoms with Gasteiger partial charge in [0.15, 0.2) is 0 Å². The van der Waals surface area contributed by atoms with Crippen molar-refractivity contribution in [3.8, 4) is 0 Å². The van der Waals surface area contributed by atoms with E-state index in [1.165, 1.54) is 0 Å². The standard InChI is InChI=1S/C13H19NO2/c1-8(2)12-6-10(9(3)14)4-5-11(12)7-13(15)16/h4-6,8-9H,7,14H2,1-3H3,(H,15,16)/t9-/m0/s1. The van der Waals surface area contributed by atoms with Gasteiger partial charge < -0.3 is 10.8 Å². The molecule has 1 aromatic rings. The Morgan fingerprint density at radius 2 is 2.00 bits per heavy atom. The van der Waals surface area contributed by atoms with Crippen LogP contribution in [-0.2, 0) is 11.2 Å². The first-order valence-electron chi connectivity index (χ1n) is 5.52. The monoisotopic (exact) mass is 221 g/mol. The van der Waals surface area contributed by atoms with Crippen LogP contribution < -0.4 is 5.73 Å². The second-order valence-corrected chi connectivity index (χ2v) is 4.47. The van der Waals surface area contributed by atoms with Crippen LogP contribution in [0.3, 0.4) is 0 Å². The Morgan fingerprint density at radius 1 is 1.38 bits per heavy atom. The minimum atomic E-state index is -0.796. The molecule has 0 fully saturated rings. The maximum Gasteiger partial charge on any atom is 0.307 e. The van der Waals surface area contributed by atoms with Gasteiger partial charge >= 0.3 is 5.97 Å². The molecule has 0 aliphatic heterocycles. The maximum absolute atomic E-state index is 10.7. The van der Waals surface area contributed by atoms with E-state index in [4.69, 9.17) is 10.8 Å². The highest BCUT2D eigenvalue weighted by atomic mass is 16.4. The lowest BCUT2D eigenvalue weighted by Gasteiger charge is -2.15. The van der Waals surface area contributed by atoms with Crippen LogP contribution in [0.2, 0.25) is 0 Å². The van der Waals surface area contributed by atoms with Crippen molar-refractivity contribution in [2.24, 2.45) is 5.73 Å². The summed E-state index contributed by atoms with van der Waals surface area (Å²) in [5.74, 6) is -0.483. The van der Waals surface area contributed by atoms with Crippen molar-refractivity contribution in [3.63, 3.8) is 0 Å². The van der Waals surface area contributed by atoms with Crippen LogP contribution in [0.15, 0.2) is 18.2 Å². The number of aliphatic carboxylic acids is 1. The fourth-order valence-corrected chi connectivity index (χ4v) is 1.76. The summed E-state index contributed by atoms with van der Waals surface area (Å²) in [6.07, 6.45) is 0.0761. The number of hydrogen-bond acceptors (Lipinski definition) is 2. The van der Waals surface area contributed by atoms with Crippen LogP contribution in [0.5, 0.6) is 0 Å². The zero-order chi connectivity index (χ0) is 12.3. The number of benzene rings is 1. The van der Waals surface area contributed by atoms with E-state index in [0.717, 1.165) is 16.7 Å². The maximum atomic E-state index is 10.7. The van der Waals surface area contributed by atoms with E-state index in [9.17, 15) is 4.79 Å². The molecule has 16 heavy (non-hydrogen) atoms. The first-order chi connectivity index (χ1) is 7.41. The fourth-order valence-electron chi connectivity index (χ4n) is 1.76. The SMILES string of the molecule is CC(C)c1cc([C@H](C)N)ccc1CC(=O)O. The van der Waals surface area contributed by atoms with Gasteiger partial charge in [-0.25, -0.2) is 0 Å². The Kier molecular flexibility index (Phi) is 4.07. The molecule has 0 spiro atoms. The number of nitrogens with two attached hydrogens (primary N) is 1. The van der Waals surface area contributed by atoms with Crippen molar-refractivity contribution in [3.05, 3.63) is 34.9 Å². The molecule has 3 nitrogen and oxygen atoms in total. The van der Waals surface area contributed by atoms with Crippen LogP contribution in [-0.4, -0.2) is 11.1 Å². The van der Waals surface area contributed by atoms with Crippen LogP contribution >= 0.6 is 0 Å². The third-order valence-corrected chi connectivity index (χ3v) is 2.66. The van der Waals surface area contributed by atoms with Crippen molar-refractivity contribution in [1.82, 2.24) is 0 Å². The van der Waals surface area contributed by atoms with Crippen molar-refractivity contribution >= 4 is 5.97 Å². The molecule has 0 saturated heterocycles. The van der Waals surface area contributed by atoms with Gasteiger partial charge in [-0.3, -0.25) is 4.79 Å². The molecule has 3 N–H and O–H groups in total. The molecular formula is C13H19NO2. The normalized spacial score (nSPS) is 12.8. The fraction of sp³-hybridized carbons (Fsp3) is 0.462. The first-order valence-corrected chi connectivity index (χ1v) is 5.52. The van der Waals surface area contributed by atoms with Crippen molar-refractivity contribution in [2.45, 2.75) is 39.2 Å². The predicted octanol–water partition coefficient (Wildman–Crippen LogP) is 2.46. The van der Waals surface area contributed by atoms with Crippen molar-refractivity contribution in [2.75, 3.05) is 0 Å². The van der Waals surface area contributed by atoms with E-state index in [1.54, 1.807) is 0 Å². The average molecular weight is 221 g/mol.